The molecule has 0 aromatic heterocycles. The third-order valence-electron chi connectivity index (χ3n) is 2.82. The van der Waals surface area contributed by atoms with E-state index in [4.69, 9.17) is 27.9 Å². The minimum atomic E-state index is -0.368. The molecule has 21 heavy (non-hydrogen) atoms. The van der Waals surface area contributed by atoms with E-state index in [-0.39, 0.29) is 18.3 Å². The fraction of sp³-hybridized carbons (Fsp3) is 0.176. The number of hydrogen-bond donors (Lipinski definition) is 0. The molecule has 0 atom stereocenters. The van der Waals surface area contributed by atoms with Crippen molar-refractivity contribution in [1.29, 1.82) is 0 Å². The highest BCUT2D eigenvalue weighted by molar-refractivity contribution is 6.31. The predicted octanol–water partition coefficient (Wildman–Crippen LogP) is 4.96. The summed E-state index contributed by atoms with van der Waals surface area (Å²) in [6.45, 7) is 2.23. The van der Waals surface area contributed by atoms with Crippen molar-refractivity contribution in [3.05, 3.63) is 63.9 Å². The van der Waals surface area contributed by atoms with Crippen molar-refractivity contribution >= 4 is 23.2 Å². The van der Waals surface area contributed by atoms with Crippen LogP contribution in [0.25, 0.3) is 0 Å². The van der Waals surface area contributed by atoms with E-state index in [0.29, 0.717) is 10.8 Å². The molecule has 0 heterocycles. The number of ether oxygens (including phenoxy) is 1. The van der Waals surface area contributed by atoms with Gasteiger partial charge >= 0.3 is 0 Å². The Morgan fingerprint density at radius 3 is 2.71 bits per heavy atom. The van der Waals surface area contributed by atoms with Crippen LogP contribution in [-0.4, -0.2) is 5.88 Å². The maximum Gasteiger partial charge on any atom is 0.135 e. The van der Waals surface area contributed by atoms with Crippen LogP contribution < -0.4 is 4.74 Å². The van der Waals surface area contributed by atoms with Crippen LogP contribution in [0.5, 0.6) is 5.75 Å². The normalized spacial score (nSPS) is 9.90. The van der Waals surface area contributed by atoms with Gasteiger partial charge in [-0.1, -0.05) is 35.6 Å². The Kier molecular flexibility index (Phi) is 5.50. The standard InChI is InChI=1S/C17H13Cl2FO/c1-12-4-7-17(13(9-12)3-2-8-18)21-11-14-5-6-15(20)10-16(14)19/h4-7,9-10H,8,11H2,1H3. The second-order valence-electron chi connectivity index (χ2n) is 4.46. The van der Waals surface area contributed by atoms with Gasteiger partial charge in [-0.15, -0.1) is 11.6 Å². The van der Waals surface area contributed by atoms with Crippen molar-refractivity contribution in [1.82, 2.24) is 0 Å². The predicted molar refractivity (Wildman–Crippen MR) is 84.5 cm³/mol. The number of hydrogen-bond acceptors (Lipinski definition) is 1. The van der Waals surface area contributed by atoms with Crippen molar-refractivity contribution in [2.24, 2.45) is 0 Å². The number of benzene rings is 2. The van der Waals surface area contributed by atoms with E-state index < -0.39 is 0 Å². The van der Waals surface area contributed by atoms with Gasteiger partial charge in [-0.2, -0.15) is 0 Å². The third kappa shape index (κ3) is 4.39. The van der Waals surface area contributed by atoms with Gasteiger partial charge in [0.05, 0.1) is 16.5 Å². The van der Waals surface area contributed by atoms with Crippen LogP contribution in [0.2, 0.25) is 5.02 Å². The highest BCUT2D eigenvalue weighted by Crippen LogP contribution is 2.23. The minimum absolute atomic E-state index is 0.248. The lowest BCUT2D eigenvalue weighted by atomic mass is 10.1. The van der Waals surface area contributed by atoms with Crippen LogP contribution in [0.4, 0.5) is 4.39 Å². The molecule has 0 saturated heterocycles. The van der Waals surface area contributed by atoms with Crippen molar-refractivity contribution in [3.8, 4) is 17.6 Å². The van der Waals surface area contributed by atoms with Gasteiger partial charge in [0.2, 0.25) is 0 Å². The molecule has 0 bridgehead atoms. The quantitative estimate of drug-likeness (QED) is 0.573. The average Bonchev–Trinajstić information content (AvgIpc) is 2.45. The van der Waals surface area contributed by atoms with Crippen LogP contribution in [-0.2, 0) is 6.61 Å². The monoisotopic (exact) mass is 322 g/mol. The molecule has 108 valence electrons. The molecule has 0 saturated carbocycles. The molecule has 0 unspecified atom stereocenters. The molecule has 0 radical (unpaired) electrons. The molecule has 0 N–H and O–H groups in total. The Hall–Kier alpha value is -1.69. The number of aryl methyl sites for hydroxylation is 1. The van der Waals surface area contributed by atoms with E-state index in [1.54, 1.807) is 6.07 Å². The fourth-order valence-electron chi connectivity index (χ4n) is 1.79. The summed E-state index contributed by atoms with van der Waals surface area (Å²) in [5.74, 6) is 6.32. The van der Waals surface area contributed by atoms with Crippen LogP contribution in [0.15, 0.2) is 36.4 Å². The lowest BCUT2D eigenvalue weighted by Crippen LogP contribution is -1.99. The first-order valence-corrected chi connectivity index (χ1v) is 7.23. The smallest absolute Gasteiger partial charge is 0.135 e. The largest absolute Gasteiger partial charge is 0.488 e. The molecule has 0 aliphatic rings. The summed E-state index contributed by atoms with van der Waals surface area (Å²) in [7, 11) is 0. The maximum atomic E-state index is 13.0. The summed E-state index contributed by atoms with van der Waals surface area (Å²) in [4.78, 5) is 0. The summed E-state index contributed by atoms with van der Waals surface area (Å²) >= 11 is 11.6. The minimum Gasteiger partial charge on any atom is -0.488 e. The summed E-state index contributed by atoms with van der Waals surface area (Å²) in [6, 6.07) is 9.95. The molecule has 4 heteroatoms. The Balaban J connectivity index is 2.19. The van der Waals surface area contributed by atoms with E-state index in [2.05, 4.69) is 11.8 Å². The molecule has 0 aliphatic carbocycles. The molecule has 0 aliphatic heterocycles. The molecule has 1 nitrogen and oxygen atoms in total. The first-order valence-electron chi connectivity index (χ1n) is 6.32. The topological polar surface area (TPSA) is 9.23 Å². The van der Waals surface area contributed by atoms with E-state index in [0.717, 1.165) is 16.7 Å². The summed E-state index contributed by atoms with van der Waals surface area (Å²) < 4.78 is 18.7. The van der Waals surface area contributed by atoms with Crippen molar-refractivity contribution < 1.29 is 9.13 Å². The van der Waals surface area contributed by atoms with E-state index in [9.17, 15) is 4.39 Å². The van der Waals surface area contributed by atoms with Crippen LogP contribution >= 0.6 is 23.2 Å². The lowest BCUT2D eigenvalue weighted by Gasteiger charge is -2.10. The molecule has 0 amide bonds. The highest BCUT2D eigenvalue weighted by Gasteiger charge is 2.06. The molecule has 2 aromatic carbocycles. The van der Waals surface area contributed by atoms with Gasteiger partial charge in [-0.05, 0) is 36.8 Å². The molecule has 0 fully saturated rings. The summed E-state index contributed by atoms with van der Waals surface area (Å²) in [5, 5.41) is 0.343. The molecule has 2 rings (SSSR count). The summed E-state index contributed by atoms with van der Waals surface area (Å²) in [6.07, 6.45) is 0. The zero-order valence-electron chi connectivity index (χ0n) is 11.4. The molecule has 2 aromatic rings. The Labute approximate surface area is 133 Å². The van der Waals surface area contributed by atoms with Gasteiger partial charge in [0, 0.05) is 5.56 Å². The first kappa shape index (κ1) is 15.7. The Morgan fingerprint density at radius 1 is 1.19 bits per heavy atom. The van der Waals surface area contributed by atoms with Gasteiger partial charge in [0.15, 0.2) is 0 Å². The molecule has 0 spiro atoms. The summed E-state index contributed by atoms with van der Waals surface area (Å²) in [5.41, 5.74) is 2.57. The van der Waals surface area contributed by atoms with Crippen molar-refractivity contribution in [3.63, 3.8) is 0 Å². The van der Waals surface area contributed by atoms with E-state index in [1.807, 2.05) is 25.1 Å². The van der Waals surface area contributed by atoms with Gasteiger partial charge in [-0.3, -0.25) is 0 Å². The maximum absolute atomic E-state index is 13.0. The van der Waals surface area contributed by atoms with Crippen molar-refractivity contribution in [2.75, 3.05) is 5.88 Å². The van der Waals surface area contributed by atoms with Crippen LogP contribution in [0.1, 0.15) is 16.7 Å². The second kappa shape index (κ2) is 7.36. The Morgan fingerprint density at radius 2 is 2.00 bits per heavy atom. The average molecular weight is 323 g/mol. The highest BCUT2D eigenvalue weighted by atomic mass is 35.5. The van der Waals surface area contributed by atoms with Crippen molar-refractivity contribution in [2.45, 2.75) is 13.5 Å². The fourth-order valence-corrected chi connectivity index (χ4v) is 2.08. The zero-order valence-corrected chi connectivity index (χ0v) is 12.9. The Bertz CT molecular complexity index is 702. The van der Waals surface area contributed by atoms with Gasteiger partial charge < -0.3 is 4.74 Å². The first-order chi connectivity index (χ1) is 10.1. The van der Waals surface area contributed by atoms with E-state index >= 15 is 0 Å². The zero-order chi connectivity index (χ0) is 15.2. The third-order valence-corrected chi connectivity index (χ3v) is 3.31. The van der Waals surface area contributed by atoms with E-state index in [1.165, 1.54) is 12.1 Å². The molecular formula is C17H13Cl2FO. The number of halogens is 3. The second-order valence-corrected chi connectivity index (χ2v) is 5.13. The van der Waals surface area contributed by atoms with Gasteiger partial charge in [0.1, 0.15) is 18.2 Å². The van der Waals surface area contributed by atoms with Crippen LogP contribution in [0.3, 0.4) is 0 Å². The number of rotatable bonds is 3. The lowest BCUT2D eigenvalue weighted by molar-refractivity contribution is 0.305. The number of alkyl halides is 1. The SMILES string of the molecule is Cc1ccc(OCc2ccc(F)cc2Cl)c(C#CCCl)c1. The van der Waals surface area contributed by atoms with Crippen LogP contribution in [0, 0.1) is 24.6 Å². The van der Waals surface area contributed by atoms with Gasteiger partial charge in [-0.25, -0.2) is 4.39 Å². The van der Waals surface area contributed by atoms with Gasteiger partial charge in [0.25, 0.3) is 0 Å². The molecular weight excluding hydrogens is 310 g/mol.